The first-order valence-corrected chi connectivity index (χ1v) is 11.0. The van der Waals surface area contributed by atoms with Gasteiger partial charge < -0.3 is 19.9 Å². The zero-order chi connectivity index (χ0) is 20.3. The first-order chi connectivity index (χ1) is 13.2. The predicted octanol–water partition coefficient (Wildman–Crippen LogP) is 0.788. The van der Waals surface area contributed by atoms with E-state index in [2.05, 4.69) is 15.3 Å². The number of aromatic nitrogens is 2. The minimum atomic E-state index is -0.887. The van der Waals surface area contributed by atoms with Crippen molar-refractivity contribution in [1.29, 1.82) is 0 Å². The molecule has 3 rings (SSSR count). The van der Waals surface area contributed by atoms with Gasteiger partial charge in [-0.2, -0.15) is 9.97 Å². The van der Waals surface area contributed by atoms with Crippen LogP contribution in [-0.4, -0.2) is 76.5 Å². The Bertz CT molecular complexity index is 738. The maximum absolute atomic E-state index is 11.9. The third-order valence-electron chi connectivity index (χ3n) is 4.52. The van der Waals surface area contributed by atoms with Crippen LogP contribution in [0.2, 0.25) is 0 Å². The number of hydrogen-bond donors (Lipinski definition) is 1. The number of nitrogens with one attached hydrogen (secondary N) is 1. The van der Waals surface area contributed by atoms with Gasteiger partial charge >= 0.3 is 11.6 Å². The van der Waals surface area contributed by atoms with Gasteiger partial charge in [0, 0.05) is 61.6 Å². The number of hydrogen-bond acceptors (Lipinski definition) is 9. The molecule has 156 valence electrons. The minimum absolute atomic E-state index is 0.00477. The average Bonchev–Trinajstić information content (AvgIpc) is 2.66. The second kappa shape index (κ2) is 8.56. The molecule has 2 aliphatic heterocycles. The predicted molar refractivity (Wildman–Crippen MR) is 109 cm³/mol. The monoisotopic (exact) mass is 412 g/mol. The highest BCUT2D eigenvalue weighted by Gasteiger charge is 2.33. The Morgan fingerprint density at radius 1 is 1.14 bits per heavy atom. The number of ether oxygens (including phenoxy) is 1. The summed E-state index contributed by atoms with van der Waals surface area (Å²) in [4.78, 5) is 24.3. The zero-order valence-corrected chi connectivity index (χ0v) is 17.5. The van der Waals surface area contributed by atoms with Crippen LogP contribution in [0.3, 0.4) is 0 Å². The Kier molecular flexibility index (Phi) is 6.33. The van der Waals surface area contributed by atoms with Crippen molar-refractivity contribution in [1.82, 2.24) is 15.3 Å². The molecule has 0 aromatic carbocycles. The average molecular weight is 413 g/mol. The summed E-state index contributed by atoms with van der Waals surface area (Å²) >= 11 is 0. The molecule has 0 amide bonds. The molecule has 0 unspecified atom stereocenters. The Morgan fingerprint density at radius 2 is 1.79 bits per heavy atom. The summed E-state index contributed by atoms with van der Waals surface area (Å²) < 4.78 is 17.6. The molecule has 1 N–H and O–H groups in total. The summed E-state index contributed by atoms with van der Waals surface area (Å²) in [5, 5.41) is 15.2. The topological polar surface area (TPSA) is 114 Å². The first-order valence-electron chi connectivity index (χ1n) is 9.49. The van der Waals surface area contributed by atoms with Gasteiger partial charge in [0.15, 0.2) is 0 Å². The van der Waals surface area contributed by atoms with Crippen molar-refractivity contribution in [2.45, 2.75) is 20.8 Å². The second-order valence-corrected chi connectivity index (χ2v) is 9.88. The SMILES string of the molecule is CC(C)(C)COc1nc(N2CCNCC2)nc(N2CCS(=O)CC2)c1[N+](=O)[O-]. The van der Waals surface area contributed by atoms with Gasteiger partial charge in [-0.25, -0.2) is 0 Å². The van der Waals surface area contributed by atoms with Crippen LogP contribution in [-0.2, 0) is 10.8 Å². The summed E-state index contributed by atoms with van der Waals surface area (Å²) in [5.74, 6) is 1.65. The van der Waals surface area contributed by atoms with E-state index in [4.69, 9.17) is 4.74 Å². The molecular formula is C17H28N6O4S. The molecule has 3 heterocycles. The number of rotatable bonds is 5. The van der Waals surface area contributed by atoms with Gasteiger partial charge in [-0.3, -0.25) is 14.3 Å². The van der Waals surface area contributed by atoms with Crippen LogP contribution >= 0.6 is 0 Å². The van der Waals surface area contributed by atoms with Crippen molar-refractivity contribution in [2.75, 3.05) is 67.2 Å². The van der Waals surface area contributed by atoms with E-state index in [1.807, 2.05) is 30.6 Å². The van der Waals surface area contributed by atoms with E-state index in [0.29, 0.717) is 37.2 Å². The fourth-order valence-electron chi connectivity index (χ4n) is 3.03. The summed E-state index contributed by atoms with van der Waals surface area (Å²) in [7, 11) is -0.887. The summed E-state index contributed by atoms with van der Waals surface area (Å²) in [5.41, 5.74) is -0.383. The second-order valence-electron chi connectivity index (χ2n) is 8.18. The third-order valence-corrected chi connectivity index (χ3v) is 5.80. The van der Waals surface area contributed by atoms with E-state index in [1.54, 1.807) is 0 Å². The lowest BCUT2D eigenvalue weighted by Crippen LogP contribution is -2.45. The van der Waals surface area contributed by atoms with Crippen molar-refractivity contribution in [3.63, 3.8) is 0 Å². The minimum Gasteiger partial charge on any atom is -0.472 e. The molecule has 0 bridgehead atoms. The highest BCUT2D eigenvalue weighted by atomic mass is 32.2. The van der Waals surface area contributed by atoms with Gasteiger partial charge in [0.2, 0.25) is 11.8 Å². The van der Waals surface area contributed by atoms with Crippen molar-refractivity contribution >= 4 is 28.3 Å². The van der Waals surface area contributed by atoms with E-state index >= 15 is 0 Å². The van der Waals surface area contributed by atoms with Crippen LogP contribution in [0.5, 0.6) is 5.88 Å². The summed E-state index contributed by atoms with van der Waals surface area (Å²) in [6, 6.07) is 0. The molecule has 1 aromatic heterocycles. The first kappa shape index (κ1) is 20.7. The summed E-state index contributed by atoms with van der Waals surface area (Å²) in [6.07, 6.45) is 0. The molecule has 0 aliphatic carbocycles. The smallest absolute Gasteiger partial charge is 0.373 e. The van der Waals surface area contributed by atoms with E-state index in [-0.39, 0.29) is 22.8 Å². The highest BCUT2D eigenvalue weighted by molar-refractivity contribution is 7.85. The molecule has 2 saturated heterocycles. The van der Waals surface area contributed by atoms with Gasteiger partial charge in [-0.05, 0) is 5.41 Å². The van der Waals surface area contributed by atoms with Crippen molar-refractivity contribution in [2.24, 2.45) is 5.41 Å². The molecule has 0 saturated carbocycles. The molecular weight excluding hydrogens is 384 g/mol. The van der Waals surface area contributed by atoms with Crippen LogP contribution in [0.4, 0.5) is 17.5 Å². The lowest BCUT2D eigenvalue weighted by atomic mass is 9.99. The Hall–Kier alpha value is -2.01. The van der Waals surface area contributed by atoms with Crippen LogP contribution in [0, 0.1) is 15.5 Å². The number of nitrogens with zero attached hydrogens (tertiary/aromatic N) is 5. The van der Waals surface area contributed by atoms with Crippen LogP contribution in [0.25, 0.3) is 0 Å². The lowest BCUT2D eigenvalue weighted by Gasteiger charge is -2.31. The molecule has 0 radical (unpaired) electrons. The van der Waals surface area contributed by atoms with Gasteiger partial charge in [-0.1, -0.05) is 20.8 Å². The lowest BCUT2D eigenvalue weighted by molar-refractivity contribution is -0.385. The van der Waals surface area contributed by atoms with E-state index in [9.17, 15) is 14.3 Å². The largest absolute Gasteiger partial charge is 0.472 e. The van der Waals surface area contributed by atoms with Gasteiger partial charge in [0.05, 0.1) is 11.5 Å². The summed E-state index contributed by atoms with van der Waals surface area (Å²) in [6.45, 7) is 10.3. The fraction of sp³-hybridized carbons (Fsp3) is 0.765. The quantitative estimate of drug-likeness (QED) is 0.554. The maximum Gasteiger partial charge on any atom is 0.373 e. The molecule has 10 nitrogen and oxygen atoms in total. The van der Waals surface area contributed by atoms with Crippen molar-refractivity contribution in [3.8, 4) is 5.88 Å². The number of anilines is 2. The standard InChI is InChI=1S/C17H28N6O4S/c1-17(2,3)12-27-15-13(23(24)25)14(21-8-10-28(26)11-9-21)19-16(20-15)22-6-4-18-5-7-22/h18H,4-12H2,1-3H3. The zero-order valence-electron chi connectivity index (χ0n) is 16.6. The highest BCUT2D eigenvalue weighted by Crippen LogP contribution is 2.37. The molecule has 1 aromatic rings. The number of piperazine rings is 1. The van der Waals surface area contributed by atoms with Crippen LogP contribution < -0.4 is 19.9 Å². The van der Waals surface area contributed by atoms with E-state index in [0.717, 1.165) is 26.2 Å². The van der Waals surface area contributed by atoms with Crippen molar-refractivity contribution in [3.05, 3.63) is 10.1 Å². The Labute approximate surface area is 167 Å². The van der Waals surface area contributed by atoms with Crippen molar-refractivity contribution < 1.29 is 13.9 Å². The molecule has 28 heavy (non-hydrogen) atoms. The Morgan fingerprint density at radius 3 is 2.36 bits per heavy atom. The molecule has 2 fully saturated rings. The number of nitro groups is 1. The van der Waals surface area contributed by atoms with Crippen LogP contribution in [0.1, 0.15) is 20.8 Å². The maximum atomic E-state index is 11.9. The third kappa shape index (κ3) is 5.07. The van der Waals surface area contributed by atoms with Gasteiger partial charge in [0.25, 0.3) is 0 Å². The van der Waals surface area contributed by atoms with Crippen LogP contribution in [0.15, 0.2) is 0 Å². The fourth-order valence-corrected chi connectivity index (χ4v) is 4.09. The Balaban J connectivity index is 2.02. The van der Waals surface area contributed by atoms with E-state index in [1.165, 1.54) is 0 Å². The van der Waals surface area contributed by atoms with E-state index < -0.39 is 15.7 Å². The molecule has 0 spiro atoms. The normalized spacial score (nSPS) is 19.0. The molecule has 2 aliphatic rings. The van der Waals surface area contributed by atoms with Gasteiger partial charge in [-0.15, -0.1) is 0 Å². The molecule has 0 atom stereocenters. The van der Waals surface area contributed by atoms with Gasteiger partial charge in [0.1, 0.15) is 0 Å². The molecule has 11 heteroatoms.